The lowest BCUT2D eigenvalue weighted by atomic mass is 10.1. The number of carbonyl (C=O) groups is 1. The molecule has 0 spiro atoms. The van der Waals surface area contributed by atoms with E-state index in [0.717, 1.165) is 17.0 Å². The molecule has 1 amide bonds. The smallest absolute Gasteiger partial charge is 0.261 e. The predicted molar refractivity (Wildman–Crippen MR) is 114 cm³/mol. The summed E-state index contributed by atoms with van der Waals surface area (Å²) in [6.45, 7) is 0.714. The summed E-state index contributed by atoms with van der Waals surface area (Å²) in [7, 11) is 3.16. The summed E-state index contributed by atoms with van der Waals surface area (Å²) in [5.41, 5.74) is 2.62. The summed E-state index contributed by atoms with van der Waals surface area (Å²) in [5, 5.41) is 8.22. The predicted octanol–water partition coefficient (Wildman–Crippen LogP) is 3.39. The number of hydrogen-bond donors (Lipinski definition) is 1. The van der Waals surface area contributed by atoms with Gasteiger partial charge in [0.15, 0.2) is 16.7 Å². The van der Waals surface area contributed by atoms with Crippen LogP contribution in [0.1, 0.15) is 10.4 Å². The molecule has 29 heavy (non-hydrogen) atoms. The second kappa shape index (κ2) is 8.40. The number of benzene rings is 2. The van der Waals surface area contributed by atoms with Gasteiger partial charge in [-0.2, -0.15) is 5.10 Å². The molecular formula is C21H20N4O3S. The molecule has 0 atom stereocenters. The van der Waals surface area contributed by atoms with Crippen molar-refractivity contribution in [3.8, 4) is 28.4 Å². The van der Waals surface area contributed by atoms with Crippen LogP contribution in [0.25, 0.3) is 16.9 Å². The average Bonchev–Trinajstić information content (AvgIpc) is 3.44. The van der Waals surface area contributed by atoms with Crippen LogP contribution in [0.15, 0.2) is 59.7 Å². The highest BCUT2D eigenvalue weighted by atomic mass is 32.2. The molecule has 0 unspecified atom stereocenters. The SMILES string of the molecule is COc1ccc(-c2nn(-c3ccccc3)cc2C(=O)NC2=NCCS2)cc1OC. The maximum atomic E-state index is 13.0. The highest BCUT2D eigenvalue weighted by Gasteiger charge is 2.22. The molecule has 4 rings (SSSR count). The van der Waals surface area contributed by atoms with Gasteiger partial charge in [0.25, 0.3) is 5.91 Å². The third-order valence-electron chi connectivity index (χ3n) is 4.44. The number of nitrogens with one attached hydrogen (secondary N) is 1. The first kappa shape index (κ1) is 19.1. The first-order valence-electron chi connectivity index (χ1n) is 9.05. The van der Waals surface area contributed by atoms with E-state index in [9.17, 15) is 4.79 Å². The van der Waals surface area contributed by atoms with Crippen molar-refractivity contribution < 1.29 is 14.3 Å². The number of ether oxygens (including phenoxy) is 2. The number of aliphatic imine (C=N–C) groups is 1. The number of hydrogen-bond acceptors (Lipinski definition) is 6. The van der Waals surface area contributed by atoms with Crippen LogP contribution in [0, 0.1) is 0 Å². The lowest BCUT2D eigenvalue weighted by Gasteiger charge is -2.09. The maximum absolute atomic E-state index is 13.0. The van der Waals surface area contributed by atoms with Crippen molar-refractivity contribution >= 4 is 22.8 Å². The Morgan fingerprint density at radius 3 is 2.59 bits per heavy atom. The molecule has 2 aromatic carbocycles. The van der Waals surface area contributed by atoms with Crippen molar-refractivity contribution in [3.63, 3.8) is 0 Å². The summed E-state index contributed by atoms with van der Waals surface area (Å²) in [6, 6.07) is 15.1. The summed E-state index contributed by atoms with van der Waals surface area (Å²) in [6.07, 6.45) is 1.73. The molecule has 0 radical (unpaired) electrons. The fraction of sp³-hybridized carbons (Fsp3) is 0.190. The minimum absolute atomic E-state index is 0.245. The molecule has 0 saturated carbocycles. The molecule has 8 heteroatoms. The van der Waals surface area contributed by atoms with E-state index >= 15 is 0 Å². The molecule has 1 aromatic heterocycles. The fourth-order valence-electron chi connectivity index (χ4n) is 3.03. The van der Waals surface area contributed by atoms with Gasteiger partial charge in [-0.05, 0) is 30.3 Å². The fourth-order valence-corrected chi connectivity index (χ4v) is 3.75. The van der Waals surface area contributed by atoms with Gasteiger partial charge >= 0.3 is 0 Å². The van der Waals surface area contributed by atoms with Crippen LogP contribution in [-0.4, -0.2) is 47.4 Å². The molecule has 2 heterocycles. The van der Waals surface area contributed by atoms with Crippen LogP contribution in [0.3, 0.4) is 0 Å². The Labute approximate surface area is 172 Å². The minimum Gasteiger partial charge on any atom is -0.493 e. The number of methoxy groups -OCH3 is 2. The molecule has 1 aliphatic rings. The van der Waals surface area contributed by atoms with Crippen LogP contribution >= 0.6 is 11.8 Å². The van der Waals surface area contributed by atoms with Gasteiger partial charge in [-0.3, -0.25) is 9.79 Å². The number of amides is 1. The van der Waals surface area contributed by atoms with Gasteiger partial charge < -0.3 is 14.8 Å². The van der Waals surface area contributed by atoms with E-state index in [2.05, 4.69) is 10.3 Å². The Kier molecular flexibility index (Phi) is 5.53. The van der Waals surface area contributed by atoms with Crippen molar-refractivity contribution in [2.24, 2.45) is 4.99 Å². The highest BCUT2D eigenvalue weighted by Crippen LogP contribution is 2.33. The Morgan fingerprint density at radius 2 is 1.90 bits per heavy atom. The van der Waals surface area contributed by atoms with Gasteiger partial charge in [0, 0.05) is 17.5 Å². The molecule has 1 N–H and O–H groups in total. The Morgan fingerprint density at radius 1 is 1.10 bits per heavy atom. The molecule has 1 aliphatic heterocycles. The lowest BCUT2D eigenvalue weighted by molar-refractivity contribution is 0.0978. The van der Waals surface area contributed by atoms with Crippen molar-refractivity contribution in [1.82, 2.24) is 15.1 Å². The maximum Gasteiger partial charge on any atom is 0.261 e. The minimum atomic E-state index is -0.245. The van der Waals surface area contributed by atoms with Crippen LogP contribution in [-0.2, 0) is 0 Å². The number of amidine groups is 1. The van der Waals surface area contributed by atoms with E-state index in [4.69, 9.17) is 14.6 Å². The van der Waals surface area contributed by atoms with E-state index in [-0.39, 0.29) is 5.91 Å². The van der Waals surface area contributed by atoms with Crippen molar-refractivity contribution in [2.75, 3.05) is 26.5 Å². The molecule has 0 fully saturated rings. The first-order valence-corrected chi connectivity index (χ1v) is 10.0. The van der Waals surface area contributed by atoms with E-state index in [1.165, 1.54) is 11.8 Å². The van der Waals surface area contributed by atoms with Crippen molar-refractivity contribution in [3.05, 3.63) is 60.3 Å². The Hall–Kier alpha value is -3.26. The van der Waals surface area contributed by atoms with Gasteiger partial charge in [-0.1, -0.05) is 30.0 Å². The molecule has 7 nitrogen and oxygen atoms in total. The molecule has 0 saturated heterocycles. The van der Waals surface area contributed by atoms with Crippen molar-refractivity contribution in [2.45, 2.75) is 0 Å². The zero-order valence-electron chi connectivity index (χ0n) is 16.1. The Bertz CT molecular complexity index is 1060. The van der Waals surface area contributed by atoms with Gasteiger partial charge in [-0.15, -0.1) is 0 Å². The number of carbonyl (C=O) groups excluding carboxylic acids is 1. The Balaban J connectivity index is 1.78. The highest BCUT2D eigenvalue weighted by molar-refractivity contribution is 8.14. The monoisotopic (exact) mass is 408 g/mol. The first-order chi connectivity index (χ1) is 14.2. The van der Waals surface area contributed by atoms with Crippen molar-refractivity contribution in [1.29, 1.82) is 0 Å². The molecule has 3 aromatic rings. The largest absolute Gasteiger partial charge is 0.493 e. The topological polar surface area (TPSA) is 77.7 Å². The third-order valence-corrected chi connectivity index (χ3v) is 5.33. The van der Waals surface area contributed by atoms with Crippen LogP contribution in [0.4, 0.5) is 0 Å². The summed E-state index contributed by atoms with van der Waals surface area (Å²) >= 11 is 1.54. The number of aromatic nitrogens is 2. The van der Waals surface area contributed by atoms with Gasteiger partial charge in [0.05, 0.1) is 32.0 Å². The van der Waals surface area contributed by atoms with Crippen LogP contribution < -0.4 is 14.8 Å². The van der Waals surface area contributed by atoms with E-state index in [0.29, 0.717) is 34.5 Å². The molecule has 148 valence electrons. The third kappa shape index (κ3) is 3.97. The standard InChI is InChI=1S/C21H20N4O3S/c1-27-17-9-8-14(12-18(17)28-2)19-16(20(26)23-21-22-10-11-29-21)13-25(24-19)15-6-4-3-5-7-15/h3-9,12-13H,10-11H2,1-2H3,(H,22,23,26). The summed E-state index contributed by atoms with van der Waals surface area (Å²) < 4.78 is 12.4. The number of rotatable bonds is 5. The lowest BCUT2D eigenvalue weighted by Crippen LogP contribution is -2.27. The summed E-state index contributed by atoms with van der Waals surface area (Å²) in [5.74, 6) is 1.81. The number of thioether (sulfide) groups is 1. The summed E-state index contributed by atoms with van der Waals surface area (Å²) in [4.78, 5) is 17.3. The molecule has 0 aliphatic carbocycles. The van der Waals surface area contributed by atoms with Gasteiger partial charge in [0.2, 0.25) is 0 Å². The van der Waals surface area contributed by atoms with E-state index in [1.54, 1.807) is 31.2 Å². The molecule has 0 bridgehead atoms. The zero-order chi connectivity index (χ0) is 20.2. The average molecular weight is 408 g/mol. The van der Waals surface area contributed by atoms with Crippen LogP contribution in [0.2, 0.25) is 0 Å². The normalized spacial score (nSPS) is 13.1. The number of nitrogens with zero attached hydrogens (tertiary/aromatic N) is 3. The quantitative estimate of drug-likeness (QED) is 0.700. The van der Waals surface area contributed by atoms with E-state index < -0.39 is 0 Å². The van der Waals surface area contributed by atoms with Gasteiger partial charge in [0.1, 0.15) is 5.69 Å². The second-order valence-electron chi connectivity index (χ2n) is 6.23. The van der Waals surface area contributed by atoms with Gasteiger partial charge in [-0.25, -0.2) is 4.68 Å². The molecular weight excluding hydrogens is 388 g/mol. The zero-order valence-corrected chi connectivity index (χ0v) is 16.9. The van der Waals surface area contributed by atoms with E-state index in [1.807, 2.05) is 42.5 Å². The number of para-hydroxylation sites is 1. The van der Waals surface area contributed by atoms with Crippen LogP contribution in [0.5, 0.6) is 11.5 Å². The second-order valence-corrected chi connectivity index (χ2v) is 7.31.